The highest BCUT2D eigenvalue weighted by Crippen LogP contribution is 2.41. The Morgan fingerprint density at radius 3 is 2.71 bits per heavy atom. The Balaban J connectivity index is 1.53. The summed E-state index contributed by atoms with van der Waals surface area (Å²) in [5, 5.41) is 8.14. The van der Waals surface area contributed by atoms with Crippen LogP contribution in [-0.4, -0.2) is 40.2 Å². The smallest absolute Gasteiger partial charge is 0.380 e. The molecule has 0 saturated carbocycles. The molecule has 2 aliphatic rings. The average Bonchev–Trinajstić information content (AvgIpc) is 3.53. The molecule has 0 bridgehead atoms. The molecule has 0 spiro atoms. The van der Waals surface area contributed by atoms with Gasteiger partial charge in [-0.3, -0.25) is 9.59 Å². The van der Waals surface area contributed by atoms with E-state index in [2.05, 4.69) is 10.2 Å². The molecule has 1 amide bonds. The zero-order chi connectivity index (χ0) is 24.1. The van der Waals surface area contributed by atoms with E-state index in [4.69, 9.17) is 4.74 Å². The molecule has 7 nitrogen and oxygen atoms in total. The summed E-state index contributed by atoms with van der Waals surface area (Å²) < 4.78 is 48.6. The largest absolute Gasteiger partial charge is 0.416 e. The van der Waals surface area contributed by atoms with Gasteiger partial charge in [0.05, 0.1) is 18.7 Å². The highest BCUT2D eigenvalue weighted by atomic mass is 19.4. The summed E-state index contributed by atoms with van der Waals surface area (Å²) in [6, 6.07) is 9.29. The van der Waals surface area contributed by atoms with E-state index < -0.39 is 23.1 Å². The van der Waals surface area contributed by atoms with Crippen LogP contribution in [0.4, 0.5) is 18.9 Å². The quantitative estimate of drug-likeness (QED) is 0.532. The van der Waals surface area contributed by atoms with Gasteiger partial charge < -0.3 is 14.2 Å². The van der Waals surface area contributed by atoms with Crippen LogP contribution >= 0.6 is 0 Å². The van der Waals surface area contributed by atoms with Crippen LogP contribution < -0.4 is 4.90 Å². The number of alkyl halides is 3. The van der Waals surface area contributed by atoms with E-state index in [1.165, 1.54) is 11.0 Å². The van der Waals surface area contributed by atoms with Gasteiger partial charge in [-0.2, -0.15) is 13.2 Å². The molecule has 0 N–H and O–H groups in total. The number of carbonyl (C=O) groups is 2. The number of amides is 1. The fraction of sp³-hybridized carbons (Fsp3) is 0.333. The van der Waals surface area contributed by atoms with Crippen molar-refractivity contribution in [1.82, 2.24) is 14.8 Å². The lowest BCUT2D eigenvalue weighted by Crippen LogP contribution is -2.31. The molecule has 1 aromatic heterocycles. The minimum absolute atomic E-state index is 0.0969. The number of benzene rings is 2. The highest BCUT2D eigenvalue weighted by molar-refractivity contribution is 6.11. The molecule has 5 rings (SSSR count). The van der Waals surface area contributed by atoms with Crippen LogP contribution in [0.15, 0.2) is 42.7 Å². The van der Waals surface area contributed by atoms with E-state index >= 15 is 0 Å². The van der Waals surface area contributed by atoms with E-state index in [9.17, 15) is 22.8 Å². The van der Waals surface area contributed by atoms with Crippen molar-refractivity contribution in [2.45, 2.75) is 31.0 Å². The molecule has 3 heterocycles. The SMILES string of the molecule is Cn1cnnc1CC1(c2cccc(N3Cc4c(cc(C=O)cc4C(F)(F)F)C3=O)c2)CCOC1. The predicted octanol–water partition coefficient (Wildman–Crippen LogP) is 3.71. The number of aryl methyl sites for hydroxylation is 1. The van der Waals surface area contributed by atoms with Crippen LogP contribution in [0.2, 0.25) is 0 Å². The standard InChI is InChI=1S/C24H21F3N4O3/c1-30-14-28-29-21(30)10-23(5-6-34-13-23)16-3-2-4-17(9-16)31-11-19-18(22(31)33)7-15(12-32)8-20(19)24(25,26)27/h2-4,7-9,12,14H,5-6,10-11,13H2,1H3. The van der Waals surface area contributed by atoms with Crippen molar-refractivity contribution in [2.24, 2.45) is 7.05 Å². The second-order valence-electron chi connectivity index (χ2n) is 8.77. The van der Waals surface area contributed by atoms with Gasteiger partial charge in [-0.15, -0.1) is 10.2 Å². The molecular formula is C24H21F3N4O3. The van der Waals surface area contributed by atoms with Crippen LogP contribution in [0.25, 0.3) is 0 Å². The number of hydrogen-bond donors (Lipinski definition) is 0. The van der Waals surface area contributed by atoms with Gasteiger partial charge in [-0.1, -0.05) is 12.1 Å². The minimum atomic E-state index is -4.68. The van der Waals surface area contributed by atoms with Crippen LogP contribution in [0.1, 0.15) is 49.7 Å². The average molecular weight is 470 g/mol. The van der Waals surface area contributed by atoms with Crippen molar-refractivity contribution in [3.63, 3.8) is 0 Å². The summed E-state index contributed by atoms with van der Waals surface area (Å²) in [5.41, 5.74) is -0.342. The Bertz CT molecular complexity index is 1280. The molecule has 1 saturated heterocycles. The zero-order valence-electron chi connectivity index (χ0n) is 18.3. The van der Waals surface area contributed by atoms with Crippen molar-refractivity contribution in [3.8, 4) is 0 Å². The van der Waals surface area contributed by atoms with Gasteiger partial charge in [-0.25, -0.2) is 0 Å². The van der Waals surface area contributed by atoms with Crippen molar-refractivity contribution in [1.29, 1.82) is 0 Å². The highest BCUT2D eigenvalue weighted by Gasteiger charge is 2.42. The van der Waals surface area contributed by atoms with Gasteiger partial charge >= 0.3 is 6.18 Å². The van der Waals surface area contributed by atoms with Gasteiger partial charge in [0, 0.05) is 42.3 Å². The molecular weight excluding hydrogens is 449 g/mol. The number of anilines is 1. The molecule has 34 heavy (non-hydrogen) atoms. The lowest BCUT2D eigenvalue weighted by atomic mass is 9.76. The van der Waals surface area contributed by atoms with E-state index in [1.54, 1.807) is 18.5 Å². The zero-order valence-corrected chi connectivity index (χ0v) is 18.3. The van der Waals surface area contributed by atoms with E-state index in [1.807, 2.05) is 23.7 Å². The van der Waals surface area contributed by atoms with Gasteiger partial charge in [0.25, 0.3) is 5.91 Å². The first-order valence-corrected chi connectivity index (χ1v) is 10.7. The Hall–Kier alpha value is -3.53. The molecule has 3 aromatic rings. The first-order valence-electron chi connectivity index (χ1n) is 10.7. The normalized spacial score (nSPS) is 20.1. The number of rotatable bonds is 5. The summed E-state index contributed by atoms with van der Waals surface area (Å²) >= 11 is 0. The van der Waals surface area contributed by atoms with Gasteiger partial charge in [0.2, 0.25) is 0 Å². The molecule has 176 valence electrons. The van der Waals surface area contributed by atoms with Crippen LogP contribution in [0.5, 0.6) is 0 Å². The van der Waals surface area contributed by atoms with E-state index in [0.29, 0.717) is 31.6 Å². The molecule has 0 aliphatic carbocycles. The van der Waals surface area contributed by atoms with Crippen LogP contribution in [0, 0.1) is 0 Å². The monoisotopic (exact) mass is 470 g/mol. The second kappa shape index (κ2) is 8.05. The Labute approximate surface area is 193 Å². The number of hydrogen-bond acceptors (Lipinski definition) is 5. The Kier molecular flexibility index (Phi) is 5.27. The predicted molar refractivity (Wildman–Crippen MR) is 116 cm³/mol. The molecule has 1 atom stereocenters. The maximum atomic E-state index is 13.7. The summed E-state index contributed by atoms with van der Waals surface area (Å²) in [6.45, 7) is 0.802. The Morgan fingerprint density at radius 1 is 1.24 bits per heavy atom. The number of fused-ring (bicyclic) bond motifs is 1. The summed E-state index contributed by atoms with van der Waals surface area (Å²) in [7, 11) is 1.86. The number of nitrogens with zero attached hydrogens (tertiary/aromatic N) is 4. The minimum Gasteiger partial charge on any atom is -0.380 e. The number of ether oxygens (including phenoxy) is 1. The maximum Gasteiger partial charge on any atom is 0.416 e. The van der Waals surface area contributed by atoms with Crippen LogP contribution in [-0.2, 0) is 36.3 Å². The molecule has 1 unspecified atom stereocenters. The topological polar surface area (TPSA) is 77.3 Å². The number of halogens is 3. The molecule has 10 heteroatoms. The third-order valence-corrected chi connectivity index (χ3v) is 6.68. The molecule has 1 fully saturated rings. The number of aldehydes is 1. The van der Waals surface area contributed by atoms with E-state index in [0.717, 1.165) is 23.9 Å². The Morgan fingerprint density at radius 2 is 2.06 bits per heavy atom. The molecule has 0 radical (unpaired) electrons. The molecule has 2 aliphatic heterocycles. The van der Waals surface area contributed by atoms with Gasteiger partial charge in [-0.05, 0) is 41.8 Å². The second-order valence-corrected chi connectivity index (χ2v) is 8.77. The first kappa shape index (κ1) is 22.3. The number of carbonyl (C=O) groups excluding carboxylic acids is 2. The van der Waals surface area contributed by atoms with Crippen molar-refractivity contribution < 1.29 is 27.5 Å². The lowest BCUT2D eigenvalue weighted by Gasteiger charge is -2.29. The fourth-order valence-electron chi connectivity index (χ4n) is 4.81. The third-order valence-electron chi connectivity index (χ3n) is 6.68. The van der Waals surface area contributed by atoms with Gasteiger partial charge in [0.15, 0.2) is 0 Å². The fourth-order valence-corrected chi connectivity index (χ4v) is 4.81. The van der Waals surface area contributed by atoms with Gasteiger partial charge in [0.1, 0.15) is 18.4 Å². The van der Waals surface area contributed by atoms with Crippen molar-refractivity contribution in [3.05, 3.63) is 76.4 Å². The number of aromatic nitrogens is 3. The van der Waals surface area contributed by atoms with Crippen molar-refractivity contribution in [2.75, 3.05) is 18.1 Å². The van der Waals surface area contributed by atoms with Crippen molar-refractivity contribution >= 4 is 17.9 Å². The van der Waals surface area contributed by atoms with Crippen LogP contribution in [0.3, 0.4) is 0 Å². The van der Waals surface area contributed by atoms with E-state index in [-0.39, 0.29) is 23.2 Å². The summed E-state index contributed by atoms with van der Waals surface area (Å²) in [5.74, 6) is 0.225. The third kappa shape index (κ3) is 3.67. The summed E-state index contributed by atoms with van der Waals surface area (Å²) in [4.78, 5) is 25.7. The first-order chi connectivity index (χ1) is 16.2. The molecule has 2 aromatic carbocycles. The maximum absolute atomic E-state index is 13.7. The lowest BCUT2D eigenvalue weighted by molar-refractivity contribution is -0.138. The summed E-state index contributed by atoms with van der Waals surface area (Å²) in [6.07, 6.45) is -1.42.